The number of rotatable bonds is 2. The van der Waals surface area contributed by atoms with Gasteiger partial charge in [0.2, 0.25) is 0 Å². The molecule has 0 bridgehead atoms. The summed E-state index contributed by atoms with van der Waals surface area (Å²) in [6.45, 7) is 0.972. The van der Waals surface area contributed by atoms with Crippen molar-refractivity contribution in [2.45, 2.75) is 25.1 Å². The van der Waals surface area contributed by atoms with Crippen LogP contribution in [-0.4, -0.2) is 46.9 Å². The zero-order valence-electron chi connectivity index (χ0n) is 8.02. The quantitative estimate of drug-likeness (QED) is 0.569. The van der Waals surface area contributed by atoms with E-state index in [-0.39, 0.29) is 6.04 Å². The van der Waals surface area contributed by atoms with Crippen molar-refractivity contribution >= 4 is 22.9 Å². The Morgan fingerprint density at radius 3 is 2.29 bits per heavy atom. The average molecular weight is 322 g/mol. The highest BCUT2D eigenvalue weighted by atomic mass is 127. The fraction of sp³-hybridized carbons (Fsp3) is 1.00. The maximum Gasteiger partial charge on any atom is 0.401 e. The molecule has 0 spiro atoms. The van der Waals surface area contributed by atoms with Crippen LogP contribution in [0.5, 0.6) is 0 Å². The molecule has 0 amide bonds. The van der Waals surface area contributed by atoms with E-state index >= 15 is 0 Å². The largest absolute Gasteiger partial charge is 0.401 e. The number of hydrogen-bond acceptors (Lipinski definition) is 2. The van der Waals surface area contributed by atoms with E-state index in [2.05, 4.69) is 26.0 Å². The number of alkyl halides is 3. The normalized spacial score (nSPS) is 21.9. The van der Waals surface area contributed by atoms with Gasteiger partial charge in [0, 0.05) is 42.0 Å². The van der Waals surface area contributed by atoms with Gasteiger partial charge in [-0.1, -0.05) is 0 Å². The maximum atomic E-state index is 12.1. The summed E-state index contributed by atoms with van der Waals surface area (Å²) in [4.78, 5) is 1.42. The van der Waals surface area contributed by atoms with Crippen molar-refractivity contribution in [1.29, 1.82) is 0 Å². The first-order valence-corrected chi connectivity index (χ1v) is 5.52. The standard InChI is InChI=1S/C8H14F3IN2/c1-13(6-8(9,10)11)7-2-4-14(12)5-3-7/h7H,2-6H2,1H3. The van der Waals surface area contributed by atoms with Gasteiger partial charge in [0.1, 0.15) is 0 Å². The van der Waals surface area contributed by atoms with E-state index in [4.69, 9.17) is 0 Å². The third kappa shape index (κ3) is 4.31. The van der Waals surface area contributed by atoms with Crippen LogP contribution in [0.15, 0.2) is 0 Å². The summed E-state index contributed by atoms with van der Waals surface area (Å²) in [5.41, 5.74) is 0. The van der Waals surface area contributed by atoms with Crippen LogP contribution in [0.3, 0.4) is 0 Å². The van der Waals surface area contributed by atoms with E-state index in [0.717, 1.165) is 25.9 Å². The highest BCUT2D eigenvalue weighted by molar-refractivity contribution is 14.1. The first kappa shape index (κ1) is 12.5. The fourth-order valence-corrected chi connectivity index (χ4v) is 2.24. The van der Waals surface area contributed by atoms with Crippen molar-refractivity contribution < 1.29 is 13.2 Å². The third-order valence-corrected chi connectivity index (χ3v) is 3.43. The van der Waals surface area contributed by atoms with E-state index in [9.17, 15) is 13.2 Å². The number of nitrogens with zero attached hydrogens (tertiary/aromatic N) is 2. The summed E-state index contributed by atoms with van der Waals surface area (Å²) in [5, 5.41) is 0. The molecule has 0 unspecified atom stereocenters. The Morgan fingerprint density at radius 2 is 1.86 bits per heavy atom. The first-order chi connectivity index (χ1) is 6.38. The van der Waals surface area contributed by atoms with Crippen molar-refractivity contribution in [1.82, 2.24) is 8.01 Å². The number of piperidine rings is 1. The molecule has 1 fully saturated rings. The molecule has 14 heavy (non-hydrogen) atoms. The van der Waals surface area contributed by atoms with Crippen LogP contribution < -0.4 is 0 Å². The van der Waals surface area contributed by atoms with E-state index in [1.54, 1.807) is 7.05 Å². The maximum absolute atomic E-state index is 12.1. The lowest BCUT2D eigenvalue weighted by molar-refractivity contribution is -0.148. The van der Waals surface area contributed by atoms with Crippen molar-refractivity contribution in [3.63, 3.8) is 0 Å². The lowest BCUT2D eigenvalue weighted by Crippen LogP contribution is -2.44. The molecule has 0 aromatic heterocycles. The fourth-order valence-electron chi connectivity index (χ4n) is 1.69. The molecular weight excluding hydrogens is 308 g/mol. The Kier molecular flexibility index (Phi) is 4.45. The second kappa shape index (κ2) is 4.98. The molecule has 0 radical (unpaired) electrons. The Labute approximate surface area is 95.9 Å². The Morgan fingerprint density at radius 1 is 1.36 bits per heavy atom. The predicted octanol–water partition coefficient (Wildman–Crippen LogP) is 2.29. The highest BCUT2D eigenvalue weighted by Crippen LogP contribution is 2.22. The van der Waals surface area contributed by atoms with Gasteiger partial charge >= 0.3 is 6.18 Å². The van der Waals surface area contributed by atoms with Crippen LogP contribution in [0.25, 0.3) is 0 Å². The summed E-state index contributed by atoms with van der Waals surface area (Å²) in [5.74, 6) is 0. The van der Waals surface area contributed by atoms with Crippen LogP contribution in [0.4, 0.5) is 13.2 Å². The SMILES string of the molecule is CN(CC(F)(F)F)C1CCN(I)CC1. The van der Waals surface area contributed by atoms with Gasteiger partial charge in [-0.15, -0.1) is 0 Å². The summed E-state index contributed by atoms with van der Waals surface area (Å²) >= 11 is 2.21. The minimum Gasteiger partial charge on any atom is -0.295 e. The highest BCUT2D eigenvalue weighted by Gasteiger charge is 2.32. The van der Waals surface area contributed by atoms with E-state index < -0.39 is 12.7 Å². The topological polar surface area (TPSA) is 6.48 Å². The number of halogens is 4. The van der Waals surface area contributed by atoms with Crippen LogP contribution in [0, 0.1) is 0 Å². The van der Waals surface area contributed by atoms with Crippen LogP contribution >= 0.6 is 22.9 Å². The van der Waals surface area contributed by atoms with Gasteiger partial charge in [-0.25, -0.2) is 3.11 Å². The van der Waals surface area contributed by atoms with Crippen LogP contribution in [0.1, 0.15) is 12.8 Å². The number of hydrogen-bond donors (Lipinski definition) is 0. The minimum absolute atomic E-state index is 0.0858. The van der Waals surface area contributed by atoms with Crippen molar-refractivity contribution in [2.75, 3.05) is 26.7 Å². The summed E-state index contributed by atoms with van der Waals surface area (Å²) in [6, 6.07) is 0.0858. The third-order valence-electron chi connectivity index (χ3n) is 2.46. The van der Waals surface area contributed by atoms with Crippen LogP contribution in [0.2, 0.25) is 0 Å². The molecule has 0 saturated carbocycles. The molecule has 84 valence electrons. The summed E-state index contributed by atoms with van der Waals surface area (Å²) in [6.07, 6.45) is -2.42. The average Bonchev–Trinajstić information content (AvgIpc) is 2.02. The Bertz CT molecular complexity index is 178. The van der Waals surface area contributed by atoms with Crippen LogP contribution in [-0.2, 0) is 0 Å². The summed E-state index contributed by atoms with van der Waals surface area (Å²) in [7, 11) is 1.56. The molecule has 2 nitrogen and oxygen atoms in total. The zero-order chi connectivity index (χ0) is 10.8. The Hall–Kier alpha value is 0.440. The second-order valence-corrected chi connectivity index (χ2v) is 5.04. The molecule has 6 heteroatoms. The van der Waals surface area contributed by atoms with Gasteiger partial charge in [0.05, 0.1) is 6.54 Å². The molecule has 1 rings (SSSR count). The smallest absolute Gasteiger partial charge is 0.295 e. The lowest BCUT2D eigenvalue weighted by atomic mass is 10.1. The predicted molar refractivity (Wildman–Crippen MR) is 57.3 cm³/mol. The monoisotopic (exact) mass is 322 g/mol. The molecule has 1 aliphatic rings. The van der Waals surface area contributed by atoms with Gasteiger partial charge in [0.15, 0.2) is 0 Å². The molecule has 0 atom stereocenters. The second-order valence-electron chi connectivity index (χ2n) is 3.67. The van der Waals surface area contributed by atoms with Crippen molar-refractivity contribution in [3.8, 4) is 0 Å². The molecule has 0 aromatic carbocycles. The van der Waals surface area contributed by atoms with E-state index in [1.165, 1.54) is 4.90 Å². The molecule has 1 heterocycles. The summed E-state index contributed by atoms with van der Waals surface area (Å²) < 4.78 is 38.4. The van der Waals surface area contributed by atoms with Gasteiger partial charge < -0.3 is 0 Å². The lowest BCUT2D eigenvalue weighted by Gasteiger charge is -2.34. The molecule has 0 N–H and O–H groups in total. The van der Waals surface area contributed by atoms with E-state index in [1.807, 2.05) is 0 Å². The van der Waals surface area contributed by atoms with E-state index in [0.29, 0.717) is 0 Å². The first-order valence-electron chi connectivity index (χ1n) is 4.56. The van der Waals surface area contributed by atoms with Crippen molar-refractivity contribution in [3.05, 3.63) is 0 Å². The Balaban J connectivity index is 2.34. The molecule has 0 aromatic rings. The molecule has 1 saturated heterocycles. The molecular formula is C8H14F3IN2. The molecule has 0 aliphatic carbocycles. The van der Waals surface area contributed by atoms with Crippen molar-refractivity contribution in [2.24, 2.45) is 0 Å². The van der Waals surface area contributed by atoms with Gasteiger partial charge in [-0.3, -0.25) is 4.90 Å². The van der Waals surface area contributed by atoms with Gasteiger partial charge in [-0.05, 0) is 19.9 Å². The minimum atomic E-state index is -4.07. The van der Waals surface area contributed by atoms with Gasteiger partial charge in [0.25, 0.3) is 0 Å². The molecule has 1 aliphatic heterocycles. The van der Waals surface area contributed by atoms with Gasteiger partial charge in [-0.2, -0.15) is 13.2 Å². The zero-order valence-corrected chi connectivity index (χ0v) is 10.2.